The Morgan fingerprint density at radius 3 is 2.09 bits per heavy atom. The van der Waals surface area contributed by atoms with Crippen molar-refractivity contribution in [1.29, 1.82) is 0 Å². The molecule has 2 heterocycles. The molecule has 6 amide bonds. The number of carbonyl (C=O) groups is 9. The molecular formula is C46H66N8O14S. The number of imide groups is 1. The normalized spacial score (nSPS) is 21.2. The van der Waals surface area contributed by atoms with Gasteiger partial charge in [-0.15, -0.1) is 0 Å². The summed E-state index contributed by atoms with van der Waals surface area (Å²) in [6, 6.07) is 4.60. The van der Waals surface area contributed by atoms with E-state index in [9.17, 15) is 63.6 Å². The molecule has 0 bridgehead atoms. The molecule has 0 aromatic heterocycles. The number of carboxylic acids is 3. The summed E-state index contributed by atoms with van der Waals surface area (Å²) in [7, 11) is 1.26. The van der Waals surface area contributed by atoms with Gasteiger partial charge in [-0.25, -0.2) is 4.79 Å². The van der Waals surface area contributed by atoms with Crippen LogP contribution in [0.5, 0.6) is 0 Å². The molecule has 1 aromatic carbocycles. The van der Waals surface area contributed by atoms with Gasteiger partial charge in [-0.1, -0.05) is 24.6 Å². The topological polar surface area (TPSA) is 305 Å². The van der Waals surface area contributed by atoms with Crippen molar-refractivity contribution < 1.29 is 68.3 Å². The fraction of sp³-hybridized carbons (Fsp3) is 0.587. The van der Waals surface area contributed by atoms with Gasteiger partial charge in [0.15, 0.2) is 6.29 Å². The van der Waals surface area contributed by atoms with Crippen molar-refractivity contribution in [1.82, 2.24) is 40.9 Å². The van der Waals surface area contributed by atoms with Crippen LogP contribution in [0, 0.1) is 11.3 Å². The number of aliphatic hydroxyl groups is 1. The van der Waals surface area contributed by atoms with Crippen LogP contribution in [0.15, 0.2) is 48.1 Å². The van der Waals surface area contributed by atoms with E-state index in [0.29, 0.717) is 56.6 Å². The van der Waals surface area contributed by atoms with Crippen LogP contribution < -0.4 is 21.3 Å². The fourth-order valence-electron chi connectivity index (χ4n) is 8.56. The number of nitrogens with one attached hydrogen (secondary N) is 4. The summed E-state index contributed by atoms with van der Waals surface area (Å²) in [6.45, 7) is 3.02. The van der Waals surface area contributed by atoms with Crippen LogP contribution in [-0.4, -0.2) is 203 Å². The summed E-state index contributed by atoms with van der Waals surface area (Å²) in [5.74, 6) is -5.72. The minimum Gasteiger partial charge on any atom is -0.480 e. The number of benzene rings is 1. The molecule has 4 rings (SSSR count). The van der Waals surface area contributed by atoms with Crippen molar-refractivity contribution in [2.75, 3.05) is 91.1 Å². The van der Waals surface area contributed by atoms with E-state index in [1.165, 1.54) is 37.1 Å². The van der Waals surface area contributed by atoms with Crippen LogP contribution in [0.1, 0.15) is 61.4 Å². The van der Waals surface area contributed by atoms with Crippen LogP contribution in [0.2, 0.25) is 0 Å². The molecule has 22 nitrogen and oxygen atoms in total. The molecule has 0 spiro atoms. The predicted octanol–water partition coefficient (Wildman–Crippen LogP) is -0.668. The van der Waals surface area contributed by atoms with Gasteiger partial charge in [0.2, 0.25) is 17.7 Å². The molecule has 1 saturated carbocycles. The van der Waals surface area contributed by atoms with E-state index < -0.39 is 77.8 Å². The Kier molecular flexibility index (Phi) is 22.2. The van der Waals surface area contributed by atoms with Crippen LogP contribution in [0.3, 0.4) is 0 Å². The average Bonchev–Trinajstić information content (AvgIpc) is 3.69. The number of unbranched alkanes of at least 4 members (excludes halogenated alkanes) is 1. The number of ether oxygens (including phenoxy) is 1. The summed E-state index contributed by atoms with van der Waals surface area (Å²) in [6.07, 6.45) is 6.43. The monoisotopic (exact) mass is 986 g/mol. The van der Waals surface area contributed by atoms with Gasteiger partial charge in [0.05, 0.1) is 32.2 Å². The van der Waals surface area contributed by atoms with Crippen LogP contribution in [0.4, 0.5) is 0 Å². The third kappa shape index (κ3) is 18.3. The largest absolute Gasteiger partial charge is 0.480 e. The molecule has 380 valence electrons. The number of fused-ring (bicyclic) bond motifs is 1. The molecule has 1 aromatic rings. The van der Waals surface area contributed by atoms with Crippen molar-refractivity contribution >= 4 is 65.1 Å². The Hall–Kier alpha value is -5.72. The summed E-state index contributed by atoms with van der Waals surface area (Å²) in [4.78, 5) is 118. The lowest BCUT2D eigenvalue weighted by molar-refractivity contribution is -0.140. The van der Waals surface area contributed by atoms with Crippen LogP contribution >= 0.6 is 11.8 Å². The smallest absolute Gasteiger partial charge is 0.328 e. The Morgan fingerprint density at radius 1 is 0.841 bits per heavy atom. The Morgan fingerprint density at radius 2 is 1.48 bits per heavy atom. The SMILES string of the molecule is COC(O)[C@H](CCCCN1C(=O)C=CC1=O)NC(=O)CNC(=O)C(CCSC)NC(=O)c1cccc(CNC(=O)CN2CCC3/C(=C\C(=O)O)[C@]3(C)CCN(CC(=O)O)CCN(CC(=O)O)CC2)c1. The first-order valence-corrected chi connectivity index (χ1v) is 24.2. The molecule has 3 aliphatic rings. The first-order valence-electron chi connectivity index (χ1n) is 22.9. The van der Waals surface area contributed by atoms with E-state index in [1.807, 2.05) is 18.1 Å². The third-order valence-corrected chi connectivity index (χ3v) is 13.2. The Bertz CT molecular complexity index is 2070. The molecule has 0 radical (unpaired) electrons. The van der Waals surface area contributed by atoms with Crippen molar-refractivity contribution in [3.05, 3.63) is 59.2 Å². The number of nitrogens with zero attached hydrogens (tertiary/aromatic N) is 4. The third-order valence-electron chi connectivity index (χ3n) is 12.5. The van der Waals surface area contributed by atoms with Gasteiger partial charge in [-0.3, -0.25) is 58.0 Å². The number of methoxy groups -OCH3 is 1. The average molecular weight is 987 g/mol. The fourth-order valence-corrected chi connectivity index (χ4v) is 9.03. The Labute approximate surface area is 405 Å². The zero-order chi connectivity index (χ0) is 50.7. The van der Waals surface area contributed by atoms with Crippen LogP contribution in [0.25, 0.3) is 0 Å². The van der Waals surface area contributed by atoms with E-state index in [1.54, 1.807) is 34.1 Å². The molecule has 8 N–H and O–H groups in total. The number of hydrogen-bond donors (Lipinski definition) is 8. The number of rotatable bonds is 25. The lowest BCUT2D eigenvalue weighted by Gasteiger charge is -2.28. The molecule has 2 aliphatic heterocycles. The summed E-state index contributed by atoms with van der Waals surface area (Å²) >= 11 is 1.46. The van der Waals surface area contributed by atoms with E-state index in [-0.39, 0.29) is 82.6 Å². The van der Waals surface area contributed by atoms with Gasteiger partial charge in [0.1, 0.15) is 6.04 Å². The Balaban J connectivity index is 1.33. The number of aliphatic hydroxyl groups excluding tert-OH is 1. The molecule has 69 heavy (non-hydrogen) atoms. The molecular weight excluding hydrogens is 921 g/mol. The lowest BCUT2D eigenvalue weighted by Crippen LogP contribution is -2.51. The maximum atomic E-state index is 13.5. The van der Waals surface area contributed by atoms with Gasteiger partial charge >= 0.3 is 17.9 Å². The molecule has 1 saturated heterocycles. The number of aliphatic carboxylic acids is 3. The molecule has 23 heteroatoms. The quantitative estimate of drug-likeness (QED) is 0.0261. The number of hydrogen-bond acceptors (Lipinski definition) is 15. The van der Waals surface area contributed by atoms with Crippen molar-refractivity contribution in [2.45, 2.75) is 70.4 Å². The predicted molar refractivity (Wildman–Crippen MR) is 251 cm³/mol. The number of carbonyl (C=O) groups excluding carboxylic acids is 6. The number of carboxylic acid groups (broad SMARTS) is 3. The zero-order valence-corrected chi connectivity index (χ0v) is 40.2. The number of amides is 6. The van der Waals surface area contributed by atoms with Gasteiger partial charge in [-0.2, -0.15) is 11.8 Å². The second-order valence-electron chi connectivity index (χ2n) is 17.5. The summed E-state index contributed by atoms with van der Waals surface area (Å²) in [5, 5.41) is 49.9. The summed E-state index contributed by atoms with van der Waals surface area (Å²) in [5.41, 5.74) is 1.08. The van der Waals surface area contributed by atoms with E-state index in [2.05, 4.69) is 21.3 Å². The van der Waals surface area contributed by atoms with Gasteiger partial charge in [-0.05, 0) is 92.7 Å². The zero-order valence-electron chi connectivity index (χ0n) is 39.4. The first-order chi connectivity index (χ1) is 32.8. The summed E-state index contributed by atoms with van der Waals surface area (Å²) < 4.78 is 5.01. The highest BCUT2D eigenvalue weighted by Crippen LogP contribution is 2.62. The molecule has 2 fully saturated rings. The van der Waals surface area contributed by atoms with E-state index >= 15 is 0 Å². The lowest BCUT2D eigenvalue weighted by atomic mass is 9.99. The van der Waals surface area contributed by atoms with E-state index in [0.717, 1.165) is 10.5 Å². The highest BCUT2D eigenvalue weighted by atomic mass is 32.2. The highest BCUT2D eigenvalue weighted by Gasteiger charge is 2.55. The molecule has 3 unspecified atom stereocenters. The standard InChI is InChI=1S/C46H66N8O14S/c1-46-14-17-52(28-41(61)62)19-21-53(29-42(63)64)20-18-51(16-12-32(46)33(46)24-40(59)60)27-37(56)47-25-30-7-6-8-31(23-30)43(65)50-34(13-22-69-3)44(66)48-26-36(55)49-35(45(67)68-2)9-4-5-15-54-38(57)10-11-39(54)58/h6-8,10-11,23-24,32,34-35,45,67H,4-5,9,12-22,25-29H2,1-3H3,(H,47,56)(H,48,66)(H,49,55)(H,50,65)(H,59,60)(H,61,62)(H,63,64)/b33-24+/t32?,34?,35-,45?,46+/m0/s1. The van der Waals surface area contributed by atoms with E-state index in [4.69, 9.17) is 4.74 Å². The van der Waals surface area contributed by atoms with Crippen molar-refractivity contribution in [2.24, 2.45) is 11.3 Å². The highest BCUT2D eigenvalue weighted by molar-refractivity contribution is 7.98. The van der Waals surface area contributed by atoms with Gasteiger partial charge < -0.3 is 46.4 Å². The molecule has 5 atom stereocenters. The van der Waals surface area contributed by atoms with Gasteiger partial charge in [0, 0.05) is 70.2 Å². The second-order valence-corrected chi connectivity index (χ2v) is 18.5. The number of thioether (sulfide) groups is 1. The molecule has 1 aliphatic carbocycles. The maximum absolute atomic E-state index is 13.5. The minimum atomic E-state index is -1.37. The number of allylic oxidation sites excluding steroid dienone is 1. The van der Waals surface area contributed by atoms with Crippen LogP contribution in [-0.2, 0) is 49.6 Å². The van der Waals surface area contributed by atoms with Crippen molar-refractivity contribution in [3.63, 3.8) is 0 Å². The minimum absolute atomic E-state index is 0.0457. The second kappa shape index (κ2) is 27.5. The van der Waals surface area contributed by atoms with Gasteiger partial charge in [0.25, 0.3) is 17.7 Å². The maximum Gasteiger partial charge on any atom is 0.328 e. The first kappa shape index (κ1) is 55.9. The van der Waals surface area contributed by atoms with Crippen molar-refractivity contribution in [3.8, 4) is 0 Å².